The lowest BCUT2D eigenvalue weighted by atomic mass is 10.1. The van der Waals surface area contributed by atoms with Crippen LogP contribution in [0.1, 0.15) is 22.9 Å². The summed E-state index contributed by atoms with van der Waals surface area (Å²) in [5.41, 5.74) is 0.0922. The molecule has 0 saturated carbocycles. The van der Waals surface area contributed by atoms with Gasteiger partial charge in [0.25, 0.3) is 12.2 Å². The Bertz CT molecular complexity index is 417. The van der Waals surface area contributed by atoms with Crippen molar-refractivity contribution in [2.75, 3.05) is 7.11 Å². The van der Waals surface area contributed by atoms with Gasteiger partial charge in [-0.3, -0.25) is 4.79 Å². The van der Waals surface area contributed by atoms with Gasteiger partial charge in [-0.25, -0.2) is 13.6 Å². The van der Waals surface area contributed by atoms with Crippen molar-refractivity contribution in [3.05, 3.63) is 35.4 Å². The van der Waals surface area contributed by atoms with Gasteiger partial charge in [0, 0.05) is 5.56 Å². The van der Waals surface area contributed by atoms with Gasteiger partial charge in [0.05, 0.1) is 7.11 Å². The van der Waals surface area contributed by atoms with E-state index in [4.69, 9.17) is 11.6 Å². The van der Waals surface area contributed by atoms with Crippen LogP contribution >= 0.6 is 11.6 Å². The van der Waals surface area contributed by atoms with Crippen molar-refractivity contribution in [1.82, 2.24) is 0 Å². The number of rotatable bonds is 4. The molecule has 0 heterocycles. The molecule has 1 atom stereocenters. The number of ether oxygens (including phenoxy) is 1. The fourth-order valence-corrected chi connectivity index (χ4v) is 1.40. The van der Waals surface area contributed by atoms with Gasteiger partial charge in [-0.15, -0.1) is 11.6 Å². The van der Waals surface area contributed by atoms with Gasteiger partial charge in [0.1, 0.15) is 5.38 Å². The van der Waals surface area contributed by atoms with Crippen molar-refractivity contribution in [3.8, 4) is 0 Å². The summed E-state index contributed by atoms with van der Waals surface area (Å²) in [4.78, 5) is 22.3. The van der Waals surface area contributed by atoms with Crippen LogP contribution in [0, 0.1) is 0 Å². The Morgan fingerprint density at radius 1 is 1.18 bits per heavy atom. The van der Waals surface area contributed by atoms with Crippen molar-refractivity contribution in [2.24, 2.45) is 0 Å². The normalized spacial score (nSPS) is 12.3. The average molecular weight is 263 g/mol. The molecule has 0 fully saturated rings. The van der Waals surface area contributed by atoms with Gasteiger partial charge in [-0.05, 0) is 5.56 Å². The number of alkyl halides is 3. The van der Waals surface area contributed by atoms with Crippen LogP contribution < -0.4 is 0 Å². The fraction of sp³-hybridized carbons (Fsp3) is 0.273. The first-order valence-corrected chi connectivity index (χ1v) is 5.05. The van der Waals surface area contributed by atoms with Crippen LogP contribution in [-0.4, -0.2) is 18.9 Å². The van der Waals surface area contributed by atoms with E-state index < -0.39 is 23.6 Å². The summed E-state index contributed by atoms with van der Waals surface area (Å²) < 4.78 is 28.8. The predicted molar refractivity (Wildman–Crippen MR) is 57.0 cm³/mol. The maximum Gasteiger partial charge on any atom is 0.376 e. The SMILES string of the molecule is COC(=O)C(=O)C(Cl)c1ccc(C(F)F)cc1. The van der Waals surface area contributed by atoms with Crippen LogP contribution in [0.15, 0.2) is 24.3 Å². The molecule has 6 heteroatoms. The molecule has 0 amide bonds. The third-order valence-corrected chi connectivity index (χ3v) is 2.55. The number of esters is 1. The van der Waals surface area contributed by atoms with Crippen molar-refractivity contribution < 1.29 is 23.1 Å². The topological polar surface area (TPSA) is 43.4 Å². The largest absolute Gasteiger partial charge is 0.463 e. The molecule has 0 aliphatic heterocycles. The summed E-state index contributed by atoms with van der Waals surface area (Å²) in [7, 11) is 1.06. The second-order valence-corrected chi connectivity index (χ2v) is 3.62. The maximum atomic E-state index is 12.3. The molecule has 1 aromatic rings. The van der Waals surface area contributed by atoms with Crippen LogP contribution in [0.3, 0.4) is 0 Å². The summed E-state index contributed by atoms with van der Waals surface area (Å²) in [6.45, 7) is 0. The summed E-state index contributed by atoms with van der Waals surface area (Å²) in [6, 6.07) is 4.86. The van der Waals surface area contributed by atoms with E-state index >= 15 is 0 Å². The van der Waals surface area contributed by atoms with Crippen LogP contribution in [0.4, 0.5) is 8.78 Å². The van der Waals surface area contributed by atoms with Crippen LogP contribution in [0.25, 0.3) is 0 Å². The summed E-state index contributed by atoms with van der Waals surface area (Å²) >= 11 is 5.72. The Balaban J connectivity index is 2.86. The Morgan fingerprint density at radius 3 is 2.06 bits per heavy atom. The molecular weight excluding hydrogens is 254 g/mol. The van der Waals surface area contributed by atoms with Crippen molar-refractivity contribution in [2.45, 2.75) is 11.8 Å². The fourth-order valence-electron chi connectivity index (χ4n) is 1.17. The summed E-state index contributed by atoms with van der Waals surface area (Å²) in [6.07, 6.45) is -2.59. The molecule has 0 N–H and O–H groups in total. The van der Waals surface area contributed by atoms with E-state index in [1.54, 1.807) is 0 Å². The number of ketones is 1. The standard InChI is InChI=1S/C11H9ClF2O3/c1-17-11(16)9(15)8(12)6-2-4-7(5-3-6)10(13)14/h2-5,8,10H,1H3. The first-order chi connectivity index (χ1) is 7.97. The summed E-state index contributed by atoms with van der Waals surface area (Å²) in [5, 5.41) is -1.23. The van der Waals surface area contributed by atoms with E-state index in [0.29, 0.717) is 0 Å². The number of carbonyl (C=O) groups excluding carboxylic acids is 2. The molecule has 0 spiro atoms. The highest BCUT2D eigenvalue weighted by molar-refractivity contribution is 6.47. The van der Waals surface area contributed by atoms with Crippen molar-refractivity contribution in [1.29, 1.82) is 0 Å². The molecular formula is C11H9ClF2O3. The molecule has 0 radical (unpaired) electrons. The molecule has 0 saturated heterocycles. The molecule has 92 valence electrons. The highest BCUT2D eigenvalue weighted by Crippen LogP contribution is 2.25. The first kappa shape index (κ1) is 13.6. The van der Waals surface area contributed by atoms with Gasteiger partial charge in [-0.2, -0.15) is 0 Å². The molecule has 1 unspecified atom stereocenters. The molecule has 3 nitrogen and oxygen atoms in total. The lowest BCUT2D eigenvalue weighted by molar-refractivity contribution is -0.151. The molecule has 0 aliphatic rings. The van der Waals surface area contributed by atoms with Gasteiger partial charge in [0.2, 0.25) is 0 Å². The third kappa shape index (κ3) is 3.23. The van der Waals surface area contributed by atoms with Crippen LogP contribution in [0.2, 0.25) is 0 Å². The Morgan fingerprint density at radius 2 is 1.65 bits per heavy atom. The van der Waals surface area contributed by atoms with Gasteiger partial charge < -0.3 is 4.74 Å². The minimum Gasteiger partial charge on any atom is -0.463 e. The highest BCUT2D eigenvalue weighted by atomic mass is 35.5. The van der Waals surface area contributed by atoms with E-state index in [0.717, 1.165) is 19.2 Å². The smallest absolute Gasteiger partial charge is 0.376 e. The summed E-state index contributed by atoms with van der Waals surface area (Å²) in [5.74, 6) is -2.00. The van der Waals surface area contributed by atoms with Crippen molar-refractivity contribution in [3.63, 3.8) is 0 Å². The van der Waals surface area contributed by atoms with E-state index in [2.05, 4.69) is 4.74 Å². The minimum atomic E-state index is -2.59. The maximum absolute atomic E-state index is 12.3. The monoisotopic (exact) mass is 262 g/mol. The molecule has 1 rings (SSSR count). The zero-order valence-corrected chi connectivity index (χ0v) is 9.58. The van der Waals surface area contributed by atoms with E-state index in [1.807, 2.05) is 0 Å². The van der Waals surface area contributed by atoms with E-state index in [-0.39, 0.29) is 11.1 Å². The Hall–Kier alpha value is -1.49. The first-order valence-electron chi connectivity index (χ1n) is 4.61. The zero-order chi connectivity index (χ0) is 13.0. The van der Waals surface area contributed by atoms with E-state index in [9.17, 15) is 18.4 Å². The number of hydrogen-bond acceptors (Lipinski definition) is 3. The number of Topliss-reactive ketones (excluding diaryl/α,β-unsaturated/α-hetero) is 1. The molecule has 1 aromatic carbocycles. The lowest BCUT2D eigenvalue weighted by Gasteiger charge is -2.08. The van der Waals surface area contributed by atoms with Gasteiger partial charge in [0.15, 0.2) is 0 Å². The predicted octanol–water partition coefficient (Wildman–Crippen LogP) is 2.65. The van der Waals surface area contributed by atoms with E-state index in [1.165, 1.54) is 12.1 Å². The third-order valence-electron chi connectivity index (χ3n) is 2.10. The second kappa shape index (κ2) is 5.72. The number of carbonyl (C=O) groups is 2. The van der Waals surface area contributed by atoms with Crippen LogP contribution in [0.5, 0.6) is 0 Å². The van der Waals surface area contributed by atoms with Gasteiger partial charge >= 0.3 is 5.97 Å². The highest BCUT2D eigenvalue weighted by Gasteiger charge is 2.25. The Labute approximate surface area is 101 Å². The number of halogens is 3. The number of benzene rings is 1. The molecule has 17 heavy (non-hydrogen) atoms. The lowest BCUT2D eigenvalue weighted by Crippen LogP contribution is -2.20. The molecule has 0 aliphatic carbocycles. The molecule has 0 aromatic heterocycles. The number of methoxy groups -OCH3 is 1. The Kier molecular flexibility index (Phi) is 4.57. The molecule has 0 bridgehead atoms. The minimum absolute atomic E-state index is 0.178. The average Bonchev–Trinajstić information content (AvgIpc) is 2.36. The quantitative estimate of drug-likeness (QED) is 0.476. The second-order valence-electron chi connectivity index (χ2n) is 3.19. The van der Waals surface area contributed by atoms with Crippen LogP contribution in [-0.2, 0) is 14.3 Å². The number of hydrogen-bond donors (Lipinski definition) is 0. The van der Waals surface area contributed by atoms with Crippen molar-refractivity contribution >= 4 is 23.4 Å². The van der Waals surface area contributed by atoms with Gasteiger partial charge in [-0.1, -0.05) is 24.3 Å². The zero-order valence-electron chi connectivity index (χ0n) is 8.82.